The van der Waals surface area contributed by atoms with E-state index in [1.54, 1.807) is 19.1 Å². The zero-order valence-corrected chi connectivity index (χ0v) is 10.0. The summed E-state index contributed by atoms with van der Waals surface area (Å²) >= 11 is 5.94. The van der Waals surface area contributed by atoms with Crippen LogP contribution in [-0.4, -0.2) is 16.2 Å². The molecule has 0 radical (unpaired) electrons. The molecule has 0 aliphatic carbocycles. The Hall–Kier alpha value is -1.06. The largest absolute Gasteiger partial charge is 0.481 e. The molecule has 1 rings (SSSR count). The number of hydrogen-bond acceptors (Lipinski definition) is 2. The molecule has 0 saturated carbocycles. The molecule has 2 atom stereocenters. The fraction of sp³-hybridized carbons (Fsp3) is 0.417. The standard InChI is InChI=1S/C12H15ClO3/c1-7-3-4-9(6-10(7)13)12(16)8(2)5-11(14)15/h3-4,6,8,12,16H,5H2,1-2H3,(H,14,15). The average molecular weight is 243 g/mol. The molecule has 16 heavy (non-hydrogen) atoms. The fourth-order valence-corrected chi connectivity index (χ4v) is 1.70. The molecule has 0 bridgehead atoms. The van der Waals surface area contributed by atoms with Gasteiger partial charge in [0.1, 0.15) is 0 Å². The van der Waals surface area contributed by atoms with Gasteiger partial charge in [0.25, 0.3) is 0 Å². The SMILES string of the molecule is Cc1ccc(C(O)C(C)CC(=O)O)cc1Cl. The molecule has 3 nitrogen and oxygen atoms in total. The van der Waals surface area contributed by atoms with Gasteiger partial charge in [0, 0.05) is 5.02 Å². The van der Waals surface area contributed by atoms with Crippen molar-refractivity contribution in [2.45, 2.75) is 26.4 Å². The maximum atomic E-state index is 10.5. The summed E-state index contributed by atoms with van der Waals surface area (Å²) in [7, 11) is 0. The van der Waals surface area contributed by atoms with Crippen molar-refractivity contribution in [3.63, 3.8) is 0 Å². The number of aliphatic hydroxyl groups is 1. The van der Waals surface area contributed by atoms with E-state index in [4.69, 9.17) is 16.7 Å². The van der Waals surface area contributed by atoms with E-state index in [0.29, 0.717) is 10.6 Å². The predicted molar refractivity (Wildman–Crippen MR) is 62.6 cm³/mol. The van der Waals surface area contributed by atoms with Crippen LogP contribution in [0.2, 0.25) is 5.02 Å². The Balaban J connectivity index is 2.83. The Morgan fingerprint density at radius 3 is 2.62 bits per heavy atom. The smallest absolute Gasteiger partial charge is 0.303 e. The number of hydrogen-bond donors (Lipinski definition) is 2. The summed E-state index contributed by atoms with van der Waals surface area (Å²) < 4.78 is 0. The molecular formula is C12H15ClO3. The van der Waals surface area contributed by atoms with Crippen LogP contribution >= 0.6 is 11.6 Å². The van der Waals surface area contributed by atoms with Crippen LogP contribution in [0.15, 0.2) is 18.2 Å². The average Bonchev–Trinajstić information content (AvgIpc) is 2.20. The second kappa shape index (κ2) is 5.32. The van der Waals surface area contributed by atoms with Crippen molar-refractivity contribution in [3.8, 4) is 0 Å². The van der Waals surface area contributed by atoms with Crippen LogP contribution in [0.4, 0.5) is 0 Å². The lowest BCUT2D eigenvalue weighted by atomic mass is 9.94. The van der Waals surface area contributed by atoms with Crippen molar-refractivity contribution < 1.29 is 15.0 Å². The van der Waals surface area contributed by atoms with Gasteiger partial charge in [-0.2, -0.15) is 0 Å². The van der Waals surface area contributed by atoms with Crippen molar-refractivity contribution >= 4 is 17.6 Å². The Labute approximate surface area is 99.7 Å². The number of benzene rings is 1. The number of rotatable bonds is 4. The fourth-order valence-electron chi connectivity index (χ4n) is 1.51. The lowest BCUT2D eigenvalue weighted by Crippen LogP contribution is -2.13. The molecule has 0 heterocycles. The number of carbonyl (C=O) groups is 1. The number of aryl methyl sites for hydroxylation is 1. The Bertz CT molecular complexity index is 390. The van der Waals surface area contributed by atoms with E-state index in [0.717, 1.165) is 5.56 Å². The van der Waals surface area contributed by atoms with Crippen molar-refractivity contribution in [2.24, 2.45) is 5.92 Å². The maximum Gasteiger partial charge on any atom is 0.303 e. The first kappa shape index (κ1) is 13.0. The van der Waals surface area contributed by atoms with Crippen LogP contribution in [0.25, 0.3) is 0 Å². The number of carboxylic acids is 1. The van der Waals surface area contributed by atoms with E-state index >= 15 is 0 Å². The van der Waals surface area contributed by atoms with Crippen molar-refractivity contribution in [2.75, 3.05) is 0 Å². The second-order valence-corrected chi connectivity index (χ2v) is 4.44. The molecule has 0 spiro atoms. The first-order valence-corrected chi connectivity index (χ1v) is 5.45. The normalized spacial score (nSPS) is 14.5. The van der Waals surface area contributed by atoms with E-state index in [-0.39, 0.29) is 12.3 Å². The summed E-state index contributed by atoms with van der Waals surface area (Å²) in [6.07, 6.45) is -0.860. The quantitative estimate of drug-likeness (QED) is 0.854. The van der Waals surface area contributed by atoms with Gasteiger partial charge in [0.2, 0.25) is 0 Å². The van der Waals surface area contributed by atoms with Gasteiger partial charge in [0.15, 0.2) is 0 Å². The number of carboxylic acid groups (broad SMARTS) is 1. The van der Waals surface area contributed by atoms with Crippen LogP contribution in [0.1, 0.15) is 30.6 Å². The minimum absolute atomic E-state index is 0.0628. The van der Waals surface area contributed by atoms with Gasteiger partial charge in [-0.05, 0) is 30.0 Å². The Kier molecular flexibility index (Phi) is 4.33. The molecule has 4 heteroatoms. The van der Waals surface area contributed by atoms with Gasteiger partial charge in [-0.15, -0.1) is 0 Å². The van der Waals surface area contributed by atoms with Gasteiger partial charge in [0.05, 0.1) is 12.5 Å². The van der Waals surface area contributed by atoms with Gasteiger partial charge in [-0.25, -0.2) is 0 Å². The summed E-state index contributed by atoms with van der Waals surface area (Å²) in [4.78, 5) is 10.5. The molecule has 0 aromatic heterocycles. The molecule has 1 aromatic carbocycles. The van der Waals surface area contributed by atoms with Crippen molar-refractivity contribution in [1.29, 1.82) is 0 Å². The highest BCUT2D eigenvalue weighted by Gasteiger charge is 2.19. The van der Waals surface area contributed by atoms with Crippen LogP contribution in [-0.2, 0) is 4.79 Å². The maximum absolute atomic E-state index is 10.5. The zero-order chi connectivity index (χ0) is 12.3. The number of aliphatic hydroxyl groups excluding tert-OH is 1. The minimum atomic E-state index is -0.912. The first-order chi connectivity index (χ1) is 7.41. The van der Waals surface area contributed by atoms with E-state index in [1.807, 2.05) is 13.0 Å². The van der Waals surface area contributed by atoms with E-state index < -0.39 is 12.1 Å². The molecule has 0 fully saturated rings. The lowest BCUT2D eigenvalue weighted by Gasteiger charge is -2.18. The highest BCUT2D eigenvalue weighted by atomic mass is 35.5. The third-order valence-corrected chi connectivity index (χ3v) is 2.98. The first-order valence-electron chi connectivity index (χ1n) is 5.07. The van der Waals surface area contributed by atoms with Gasteiger partial charge in [-0.1, -0.05) is 30.7 Å². The predicted octanol–water partition coefficient (Wildman–Crippen LogP) is 2.79. The van der Waals surface area contributed by atoms with Crippen LogP contribution < -0.4 is 0 Å². The molecule has 1 aromatic rings. The lowest BCUT2D eigenvalue weighted by molar-refractivity contribution is -0.139. The Morgan fingerprint density at radius 1 is 1.50 bits per heavy atom. The monoisotopic (exact) mass is 242 g/mol. The van der Waals surface area contributed by atoms with Crippen LogP contribution in [0, 0.1) is 12.8 Å². The molecule has 88 valence electrons. The van der Waals surface area contributed by atoms with Gasteiger partial charge >= 0.3 is 5.97 Å². The molecule has 0 aliphatic rings. The van der Waals surface area contributed by atoms with Crippen molar-refractivity contribution in [3.05, 3.63) is 34.3 Å². The zero-order valence-electron chi connectivity index (χ0n) is 9.27. The molecule has 0 amide bonds. The molecular weight excluding hydrogens is 228 g/mol. The molecule has 0 aliphatic heterocycles. The van der Waals surface area contributed by atoms with Crippen LogP contribution in [0.5, 0.6) is 0 Å². The van der Waals surface area contributed by atoms with Gasteiger partial charge < -0.3 is 10.2 Å². The highest BCUT2D eigenvalue weighted by Crippen LogP contribution is 2.27. The second-order valence-electron chi connectivity index (χ2n) is 4.03. The van der Waals surface area contributed by atoms with E-state index in [9.17, 15) is 9.90 Å². The summed E-state index contributed by atoms with van der Waals surface area (Å²) in [6, 6.07) is 5.26. The summed E-state index contributed by atoms with van der Waals surface area (Å²) in [5, 5.41) is 19.2. The van der Waals surface area contributed by atoms with Crippen LogP contribution in [0.3, 0.4) is 0 Å². The topological polar surface area (TPSA) is 57.5 Å². The molecule has 2 unspecified atom stereocenters. The van der Waals surface area contributed by atoms with E-state index in [2.05, 4.69) is 0 Å². The summed E-state index contributed by atoms with van der Waals surface area (Å²) in [6.45, 7) is 3.58. The third-order valence-electron chi connectivity index (χ3n) is 2.57. The highest BCUT2D eigenvalue weighted by molar-refractivity contribution is 6.31. The molecule has 0 saturated heterocycles. The third kappa shape index (κ3) is 3.22. The van der Waals surface area contributed by atoms with Crippen molar-refractivity contribution in [1.82, 2.24) is 0 Å². The summed E-state index contributed by atoms with van der Waals surface area (Å²) in [5.74, 6) is -1.25. The Morgan fingerprint density at radius 2 is 2.12 bits per heavy atom. The number of halogens is 1. The van der Waals surface area contributed by atoms with E-state index in [1.165, 1.54) is 0 Å². The minimum Gasteiger partial charge on any atom is -0.481 e. The molecule has 2 N–H and O–H groups in total. The van der Waals surface area contributed by atoms with Gasteiger partial charge in [-0.3, -0.25) is 4.79 Å². The number of aliphatic carboxylic acids is 1. The summed E-state index contributed by atoms with van der Waals surface area (Å²) in [5.41, 5.74) is 1.59.